The van der Waals surface area contributed by atoms with Crippen LogP contribution in [0.3, 0.4) is 0 Å². The Balaban J connectivity index is 1.95. The van der Waals surface area contributed by atoms with Gasteiger partial charge in [0, 0.05) is 51.3 Å². The number of para-hydroxylation sites is 1. The van der Waals surface area contributed by atoms with Crippen molar-refractivity contribution in [3.63, 3.8) is 0 Å². The predicted molar refractivity (Wildman–Crippen MR) is 96.9 cm³/mol. The normalized spacial score (nSPS) is 14.6. The van der Waals surface area contributed by atoms with Gasteiger partial charge in [0.15, 0.2) is 0 Å². The maximum atomic E-state index is 12.0. The molecule has 1 aromatic rings. The fraction of sp³-hybridized carbons (Fsp3) is 0.579. The van der Waals surface area contributed by atoms with E-state index in [1.807, 2.05) is 30.9 Å². The van der Waals surface area contributed by atoms with Gasteiger partial charge in [-0.05, 0) is 24.5 Å². The molecule has 0 unspecified atom stereocenters. The molecule has 0 saturated carbocycles. The molecule has 0 radical (unpaired) electrons. The first-order chi connectivity index (χ1) is 11.7. The average Bonchev–Trinajstić information content (AvgIpc) is 2.61. The Morgan fingerprint density at radius 3 is 2.33 bits per heavy atom. The molecule has 1 aliphatic rings. The second-order valence-corrected chi connectivity index (χ2v) is 6.27. The molecule has 5 heteroatoms. The zero-order valence-corrected chi connectivity index (χ0v) is 14.9. The summed E-state index contributed by atoms with van der Waals surface area (Å²) in [6, 6.07) is 8.20. The fourth-order valence-corrected chi connectivity index (χ4v) is 3.05. The Morgan fingerprint density at radius 1 is 1.00 bits per heavy atom. The number of piperazine rings is 1. The van der Waals surface area contributed by atoms with Crippen LogP contribution in [0.2, 0.25) is 0 Å². The Hall–Kier alpha value is -2.04. The van der Waals surface area contributed by atoms with E-state index in [0.29, 0.717) is 19.4 Å². The minimum Gasteiger partial charge on any atom is -0.368 e. The topological polar surface area (TPSA) is 52.7 Å². The molecule has 5 nitrogen and oxygen atoms in total. The van der Waals surface area contributed by atoms with E-state index >= 15 is 0 Å². The summed E-state index contributed by atoms with van der Waals surface area (Å²) in [4.78, 5) is 28.0. The number of carbonyl (C=O) groups excluding carboxylic acids is 2. The summed E-state index contributed by atoms with van der Waals surface area (Å²) in [5, 5.41) is 2.99. The van der Waals surface area contributed by atoms with E-state index in [1.54, 1.807) is 0 Å². The standard InChI is InChI=1S/C19H29N3O2/c1-3-7-18(23)20-15-16-9-5-6-10-17(16)21-11-13-22(14-12-21)19(24)8-4-2/h5-6,9-10H,3-4,7-8,11-15H2,1-2H3,(H,20,23). The molecule has 24 heavy (non-hydrogen) atoms. The molecule has 0 aliphatic carbocycles. The number of hydrogen-bond donors (Lipinski definition) is 1. The van der Waals surface area contributed by atoms with Crippen LogP contribution < -0.4 is 10.2 Å². The molecule has 2 amide bonds. The van der Waals surface area contributed by atoms with Crippen LogP contribution in [0.25, 0.3) is 0 Å². The first-order valence-corrected chi connectivity index (χ1v) is 9.03. The van der Waals surface area contributed by atoms with E-state index in [2.05, 4.69) is 22.3 Å². The van der Waals surface area contributed by atoms with E-state index in [-0.39, 0.29) is 11.8 Å². The van der Waals surface area contributed by atoms with E-state index in [1.165, 1.54) is 0 Å². The van der Waals surface area contributed by atoms with E-state index < -0.39 is 0 Å². The number of nitrogens with zero attached hydrogens (tertiary/aromatic N) is 2. The van der Waals surface area contributed by atoms with Crippen LogP contribution in [-0.4, -0.2) is 42.9 Å². The largest absolute Gasteiger partial charge is 0.368 e. The molecular formula is C19H29N3O2. The van der Waals surface area contributed by atoms with Gasteiger partial charge in [0.25, 0.3) is 0 Å². The highest BCUT2D eigenvalue weighted by molar-refractivity contribution is 5.77. The lowest BCUT2D eigenvalue weighted by Gasteiger charge is -2.37. The highest BCUT2D eigenvalue weighted by atomic mass is 16.2. The monoisotopic (exact) mass is 331 g/mol. The number of carbonyl (C=O) groups is 2. The lowest BCUT2D eigenvalue weighted by atomic mass is 10.1. The van der Waals surface area contributed by atoms with Crippen LogP contribution in [0.1, 0.15) is 45.1 Å². The van der Waals surface area contributed by atoms with E-state index in [4.69, 9.17) is 0 Å². The summed E-state index contributed by atoms with van der Waals surface area (Å²) in [7, 11) is 0. The molecule has 1 aliphatic heterocycles. The fourth-order valence-electron chi connectivity index (χ4n) is 3.05. The minimum atomic E-state index is 0.0993. The van der Waals surface area contributed by atoms with Crippen molar-refractivity contribution >= 4 is 17.5 Å². The van der Waals surface area contributed by atoms with E-state index in [0.717, 1.165) is 50.3 Å². The Morgan fingerprint density at radius 2 is 1.67 bits per heavy atom. The summed E-state index contributed by atoms with van der Waals surface area (Å²) in [6.07, 6.45) is 2.97. The van der Waals surface area contributed by atoms with Crippen molar-refractivity contribution in [1.82, 2.24) is 10.2 Å². The number of hydrogen-bond acceptors (Lipinski definition) is 3. The number of benzene rings is 1. The van der Waals surface area contributed by atoms with Crippen LogP contribution in [0.4, 0.5) is 5.69 Å². The number of nitrogens with one attached hydrogen (secondary N) is 1. The lowest BCUT2D eigenvalue weighted by Crippen LogP contribution is -2.49. The smallest absolute Gasteiger partial charge is 0.222 e. The third-order valence-electron chi connectivity index (χ3n) is 4.38. The first-order valence-electron chi connectivity index (χ1n) is 9.03. The van der Waals surface area contributed by atoms with Crippen molar-refractivity contribution in [2.75, 3.05) is 31.1 Å². The maximum absolute atomic E-state index is 12.0. The summed E-state index contributed by atoms with van der Waals surface area (Å²) < 4.78 is 0. The van der Waals surface area contributed by atoms with Crippen molar-refractivity contribution in [2.24, 2.45) is 0 Å². The lowest BCUT2D eigenvalue weighted by molar-refractivity contribution is -0.131. The van der Waals surface area contributed by atoms with Crippen molar-refractivity contribution in [2.45, 2.75) is 46.1 Å². The molecule has 1 aromatic carbocycles. The number of rotatable bonds is 7. The van der Waals surface area contributed by atoms with Crippen molar-refractivity contribution in [1.29, 1.82) is 0 Å². The van der Waals surface area contributed by atoms with E-state index in [9.17, 15) is 9.59 Å². The molecule has 0 atom stereocenters. The molecule has 2 rings (SSSR count). The van der Waals surface area contributed by atoms with Gasteiger partial charge in [-0.25, -0.2) is 0 Å². The first kappa shape index (κ1) is 18.3. The molecule has 0 spiro atoms. The summed E-state index contributed by atoms with van der Waals surface area (Å²) >= 11 is 0. The van der Waals surface area contributed by atoms with Gasteiger partial charge in [-0.1, -0.05) is 32.0 Å². The molecule has 1 N–H and O–H groups in total. The summed E-state index contributed by atoms with van der Waals surface area (Å²) in [5.41, 5.74) is 2.30. The molecular weight excluding hydrogens is 302 g/mol. The third kappa shape index (κ3) is 4.98. The van der Waals surface area contributed by atoms with Gasteiger partial charge in [-0.15, -0.1) is 0 Å². The maximum Gasteiger partial charge on any atom is 0.222 e. The summed E-state index contributed by atoms with van der Waals surface area (Å²) in [6.45, 7) is 7.84. The molecule has 0 bridgehead atoms. The second-order valence-electron chi connectivity index (χ2n) is 6.27. The zero-order chi connectivity index (χ0) is 17.4. The van der Waals surface area contributed by atoms with Crippen molar-refractivity contribution in [3.8, 4) is 0 Å². The molecule has 132 valence electrons. The second kappa shape index (κ2) is 9.30. The van der Waals surface area contributed by atoms with Crippen LogP contribution >= 0.6 is 0 Å². The summed E-state index contributed by atoms with van der Waals surface area (Å²) in [5.74, 6) is 0.361. The van der Waals surface area contributed by atoms with Crippen molar-refractivity contribution < 1.29 is 9.59 Å². The van der Waals surface area contributed by atoms with Crippen LogP contribution in [0.5, 0.6) is 0 Å². The van der Waals surface area contributed by atoms with Gasteiger partial charge in [0.2, 0.25) is 11.8 Å². The van der Waals surface area contributed by atoms with Crippen LogP contribution in [-0.2, 0) is 16.1 Å². The highest BCUT2D eigenvalue weighted by Gasteiger charge is 2.21. The molecule has 1 saturated heterocycles. The third-order valence-corrected chi connectivity index (χ3v) is 4.38. The highest BCUT2D eigenvalue weighted by Crippen LogP contribution is 2.22. The quantitative estimate of drug-likeness (QED) is 0.835. The van der Waals surface area contributed by atoms with Gasteiger partial charge >= 0.3 is 0 Å². The zero-order valence-electron chi connectivity index (χ0n) is 14.9. The van der Waals surface area contributed by atoms with Gasteiger partial charge in [-0.2, -0.15) is 0 Å². The number of anilines is 1. The van der Waals surface area contributed by atoms with Gasteiger partial charge in [0.05, 0.1) is 0 Å². The Kier molecular flexibility index (Phi) is 7.09. The number of amides is 2. The van der Waals surface area contributed by atoms with Gasteiger partial charge in [0.1, 0.15) is 0 Å². The molecule has 1 heterocycles. The minimum absolute atomic E-state index is 0.0993. The van der Waals surface area contributed by atoms with Crippen molar-refractivity contribution in [3.05, 3.63) is 29.8 Å². The van der Waals surface area contributed by atoms with Crippen LogP contribution in [0, 0.1) is 0 Å². The Bertz CT molecular complexity index is 551. The molecule has 0 aromatic heterocycles. The van der Waals surface area contributed by atoms with Crippen LogP contribution in [0.15, 0.2) is 24.3 Å². The van der Waals surface area contributed by atoms with Gasteiger partial charge in [-0.3, -0.25) is 9.59 Å². The Labute approximate surface area is 145 Å². The molecule has 1 fully saturated rings. The SMILES string of the molecule is CCCC(=O)NCc1ccccc1N1CCN(C(=O)CCC)CC1. The average molecular weight is 331 g/mol. The van der Waals surface area contributed by atoms with Gasteiger partial charge < -0.3 is 15.1 Å². The predicted octanol–water partition coefficient (Wildman–Crippen LogP) is 2.55.